The molecule has 0 fully saturated rings. The molecule has 0 saturated heterocycles. The van der Waals surface area contributed by atoms with E-state index in [-0.39, 0.29) is 10.6 Å². The van der Waals surface area contributed by atoms with Crippen molar-refractivity contribution in [3.63, 3.8) is 0 Å². The van der Waals surface area contributed by atoms with Crippen LogP contribution in [0.15, 0.2) is 42.6 Å². The second-order valence-corrected chi connectivity index (χ2v) is 3.97. The van der Waals surface area contributed by atoms with Gasteiger partial charge >= 0.3 is 5.69 Å². The van der Waals surface area contributed by atoms with Crippen molar-refractivity contribution in [2.75, 3.05) is 5.32 Å². The fraction of sp³-hybridized carbons (Fsp3) is 0. The topological polar surface area (TPSA) is 85.1 Å². The van der Waals surface area contributed by atoms with Gasteiger partial charge in [-0.2, -0.15) is 0 Å². The van der Waals surface area contributed by atoms with E-state index in [1.54, 1.807) is 18.2 Å². The molecule has 2 aromatic rings. The van der Waals surface area contributed by atoms with Crippen molar-refractivity contribution in [3.8, 4) is 0 Å². The summed E-state index contributed by atoms with van der Waals surface area (Å²) < 4.78 is 0. The lowest BCUT2D eigenvalue weighted by Gasteiger charge is -2.05. The summed E-state index contributed by atoms with van der Waals surface area (Å²) in [5, 5.41) is 13.3. The number of para-hydroxylation sites is 1. The summed E-state index contributed by atoms with van der Waals surface area (Å²) in [7, 11) is 0. The molecule has 0 unspecified atom stereocenters. The van der Waals surface area contributed by atoms with Gasteiger partial charge < -0.3 is 5.32 Å². The molecule has 0 atom stereocenters. The first kappa shape index (κ1) is 13.0. The molecular formula is C12H8ClN3O3. The summed E-state index contributed by atoms with van der Waals surface area (Å²) in [5.74, 6) is -0.324. The lowest BCUT2D eigenvalue weighted by molar-refractivity contribution is -0.385. The second kappa shape index (κ2) is 5.45. The molecule has 0 aliphatic heterocycles. The molecule has 19 heavy (non-hydrogen) atoms. The maximum Gasteiger partial charge on any atom is 0.300 e. The Labute approximate surface area is 113 Å². The number of aromatic nitrogens is 1. The van der Waals surface area contributed by atoms with Crippen LogP contribution in [0.3, 0.4) is 0 Å². The Morgan fingerprint density at radius 3 is 2.68 bits per heavy atom. The number of nitro benzene ring substituents is 1. The van der Waals surface area contributed by atoms with Gasteiger partial charge in [-0.15, -0.1) is 0 Å². The summed E-state index contributed by atoms with van der Waals surface area (Å²) >= 11 is 5.73. The van der Waals surface area contributed by atoms with E-state index in [1.165, 1.54) is 24.4 Å². The molecule has 1 heterocycles. The number of nitro groups is 1. The van der Waals surface area contributed by atoms with Crippen molar-refractivity contribution < 1.29 is 9.72 Å². The zero-order valence-corrected chi connectivity index (χ0v) is 10.3. The van der Waals surface area contributed by atoms with Gasteiger partial charge in [0.1, 0.15) is 16.4 Å². The first-order chi connectivity index (χ1) is 9.09. The quantitative estimate of drug-likeness (QED) is 0.690. The molecule has 6 nitrogen and oxygen atoms in total. The van der Waals surface area contributed by atoms with E-state index >= 15 is 0 Å². The van der Waals surface area contributed by atoms with Crippen LogP contribution in [-0.4, -0.2) is 15.8 Å². The predicted octanol–water partition coefficient (Wildman–Crippen LogP) is 2.90. The van der Waals surface area contributed by atoms with E-state index in [0.29, 0.717) is 5.82 Å². The van der Waals surface area contributed by atoms with Crippen molar-refractivity contribution >= 4 is 29.0 Å². The molecule has 2 rings (SSSR count). The fourth-order valence-corrected chi connectivity index (χ4v) is 1.75. The first-order valence-electron chi connectivity index (χ1n) is 5.25. The summed E-state index contributed by atoms with van der Waals surface area (Å²) in [4.78, 5) is 26.1. The van der Waals surface area contributed by atoms with Crippen LogP contribution < -0.4 is 5.32 Å². The number of carbonyl (C=O) groups excluding carboxylic acids is 1. The number of hydrogen-bond acceptors (Lipinski definition) is 4. The van der Waals surface area contributed by atoms with Gasteiger partial charge in [0.2, 0.25) is 0 Å². The SMILES string of the molecule is O=C(Nc1ccccn1)c1cccc(Cl)c1[N+](=O)[O-]. The highest BCUT2D eigenvalue weighted by Gasteiger charge is 2.23. The van der Waals surface area contributed by atoms with Gasteiger partial charge in [-0.05, 0) is 24.3 Å². The summed E-state index contributed by atoms with van der Waals surface area (Å²) in [6.45, 7) is 0. The molecule has 0 aliphatic carbocycles. The van der Waals surface area contributed by atoms with Gasteiger partial charge in [0.05, 0.1) is 4.92 Å². The molecule has 0 radical (unpaired) electrons. The zero-order valence-electron chi connectivity index (χ0n) is 9.54. The third-order valence-electron chi connectivity index (χ3n) is 2.32. The van der Waals surface area contributed by atoms with Crippen LogP contribution in [0.1, 0.15) is 10.4 Å². The highest BCUT2D eigenvalue weighted by molar-refractivity contribution is 6.33. The number of pyridine rings is 1. The number of halogens is 1. The van der Waals surface area contributed by atoms with Crippen molar-refractivity contribution in [1.29, 1.82) is 0 Å². The predicted molar refractivity (Wildman–Crippen MR) is 70.3 cm³/mol. The number of nitrogens with one attached hydrogen (secondary N) is 1. The molecule has 1 amide bonds. The molecule has 0 saturated carbocycles. The summed E-state index contributed by atoms with van der Waals surface area (Å²) in [5.41, 5.74) is -0.527. The van der Waals surface area contributed by atoms with E-state index in [0.717, 1.165) is 0 Å². The number of benzene rings is 1. The lowest BCUT2D eigenvalue weighted by atomic mass is 10.1. The highest BCUT2D eigenvalue weighted by Crippen LogP contribution is 2.28. The van der Waals surface area contributed by atoms with Crippen LogP contribution >= 0.6 is 11.6 Å². The van der Waals surface area contributed by atoms with Gasteiger partial charge in [-0.25, -0.2) is 4.98 Å². The average molecular weight is 278 g/mol. The molecule has 96 valence electrons. The molecule has 1 aromatic carbocycles. The van der Waals surface area contributed by atoms with Gasteiger partial charge in [0.15, 0.2) is 0 Å². The van der Waals surface area contributed by atoms with E-state index in [2.05, 4.69) is 10.3 Å². The molecule has 1 aromatic heterocycles. The zero-order chi connectivity index (χ0) is 13.8. The lowest BCUT2D eigenvalue weighted by Crippen LogP contribution is -2.14. The van der Waals surface area contributed by atoms with E-state index < -0.39 is 16.5 Å². The third kappa shape index (κ3) is 2.86. The van der Waals surface area contributed by atoms with E-state index in [9.17, 15) is 14.9 Å². The van der Waals surface area contributed by atoms with Gasteiger partial charge in [0, 0.05) is 6.20 Å². The second-order valence-electron chi connectivity index (χ2n) is 3.56. The maximum atomic E-state index is 12.0. The largest absolute Gasteiger partial charge is 0.306 e. The molecule has 0 bridgehead atoms. The van der Waals surface area contributed by atoms with Crippen molar-refractivity contribution in [1.82, 2.24) is 4.98 Å². The van der Waals surface area contributed by atoms with Gasteiger partial charge in [-0.1, -0.05) is 23.7 Å². The van der Waals surface area contributed by atoms with Crippen LogP contribution in [0.25, 0.3) is 0 Å². The Bertz CT molecular complexity index is 631. The Morgan fingerprint density at radius 1 is 1.26 bits per heavy atom. The maximum absolute atomic E-state index is 12.0. The van der Waals surface area contributed by atoms with Gasteiger partial charge in [-0.3, -0.25) is 14.9 Å². The van der Waals surface area contributed by atoms with Crippen molar-refractivity contribution in [3.05, 3.63) is 63.3 Å². The summed E-state index contributed by atoms with van der Waals surface area (Å²) in [6, 6.07) is 9.13. The minimum Gasteiger partial charge on any atom is -0.306 e. The minimum atomic E-state index is -0.685. The third-order valence-corrected chi connectivity index (χ3v) is 2.63. The van der Waals surface area contributed by atoms with Crippen LogP contribution in [0.2, 0.25) is 5.02 Å². The van der Waals surface area contributed by atoms with Gasteiger partial charge in [0.25, 0.3) is 5.91 Å². The number of amides is 1. The van der Waals surface area contributed by atoms with Crippen LogP contribution in [0, 0.1) is 10.1 Å². The molecule has 7 heteroatoms. The minimum absolute atomic E-state index is 0.0846. The van der Waals surface area contributed by atoms with E-state index in [4.69, 9.17) is 11.6 Å². The van der Waals surface area contributed by atoms with Crippen molar-refractivity contribution in [2.45, 2.75) is 0 Å². The number of anilines is 1. The average Bonchev–Trinajstić information content (AvgIpc) is 2.39. The molecule has 0 aliphatic rings. The number of rotatable bonds is 3. The highest BCUT2D eigenvalue weighted by atomic mass is 35.5. The number of carbonyl (C=O) groups is 1. The smallest absolute Gasteiger partial charge is 0.300 e. The number of hydrogen-bond donors (Lipinski definition) is 1. The molecule has 0 spiro atoms. The van der Waals surface area contributed by atoms with Crippen LogP contribution in [0.4, 0.5) is 11.5 Å². The first-order valence-corrected chi connectivity index (χ1v) is 5.62. The van der Waals surface area contributed by atoms with Crippen LogP contribution in [0.5, 0.6) is 0 Å². The Hall–Kier alpha value is -2.47. The van der Waals surface area contributed by atoms with Crippen LogP contribution in [-0.2, 0) is 0 Å². The Morgan fingerprint density at radius 2 is 2.05 bits per heavy atom. The Kier molecular flexibility index (Phi) is 3.72. The normalized spacial score (nSPS) is 9.95. The number of nitrogens with zero attached hydrogens (tertiary/aromatic N) is 2. The summed E-state index contributed by atoms with van der Waals surface area (Å²) in [6.07, 6.45) is 1.50. The standard InChI is InChI=1S/C12H8ClN3O3/c13-9-5-3-4-8(11(9)16(18)19)12(17)15-10-6-1-2-7-14-10/h1-7H,(H,14,15,17). The molecular weight excluding hydrogens is 270 g/mol. The molecule has 1 N–H and O–H groups in total. The Balaban J connectivity index is 2.35. The van der Waals surface area contributed by atoms with E-state index in [1.807, 2.05) is 0 Å². The van der Waals surface area contributed by atoms with Crippen molar-refractivity contribution in [2.24, 2.45) is 0 Å². The fourth-order valence-electron chi connectivity index (χ4n) is 1.50. The monoisotopic (exact) mass is 277 g/mol.